The molecule has 2 N–H and O–H groups in total. The number of aliphatic hydroxyl groups is 1. The molecule has 8 heteroatoms. The normalized spacial score (nSPS) is 17.0. The molecule has 4 aromatic rings. The van der Waals surface area contributed by atoms with Crippen LogP contribution in [0.15, 0.2) is 72.3 Å². The van der Waals surface area contributed by atoms with Gasteiger partial charge in [0.2, 0.25) is 0 Å². The molecule has 0 saturated carbocycles. The Morgan fingerprint density at radius 3 is 2.62 bits per heavy atom. The summed E-state index contributed by atoms with van der Waals surface area (Å²) < 4.78 is 6.66. The van der Waals surface area contributed by atoms with Crippen LogP contribution in [0.3, 0.4) is 0 Å². The zero-order valence-corrected chi connectivity index (χ0v) is 21.3. The molecular weight excluding hydrogens is 488 g/mol. The lowest BCUT2D eigenvalue weighted by Crippen LogP contribution is -2.29. The molecular formula is C29H26N2O5S. The zero-order chi connectivity index (χ0) is 26.1. The summed E-state index contributed by atoms with van der Waals surface area (Å²) in [5, 5.41) is 21.6. The summed E-state index contributed by atoms with van der Waals surface area (Å²) in [6, 6.07) is 18.0. The fraction of sp³-hybridized carbons (Fsp3) is 0.207. The molecule has 188 valence electrons. The largest absolute Gasteiger partial charge is 0.508 e. The highest BCUT2D eigenvalue weighted by atomic mass is 32.1. The Balaban J connectivity index is 1.64. The Morgan fingerprint density at radius 2 is 1.86 bits per heavy atom. The summed E-state index contributed by atoms with van der Waals surface area (Å²) in [4.78, 5) is 32.8. The van der Waals surface area contributed by atoms with Crippen LogP contribution in [0.1, 0.15) is 42.5 Å². The number of amides is 1. The van der Waals surface area contributed by atoms with E-state index in [1.165, 1.54) is 28.4 Å². The van der Waals surface area contributed by atoms with Gasteiger partial charge in [0.15, 0.2) is 5.13 Å². The van der Waals surface area contributed by atoms with Gasteiger partial charge in [-0.2, -0.15) is 0 Å². The van der Waals surface area contributed by atoms with Crippen molar-refractivity contribution in [3.63, 3.8) is 0 Å². The van der Waals surface area contributed by atoms with Crippen LogP contribution in [-0.2, 0) is 9.59 Å². The highest BCUT2D eigenvalue weighted by Gasteiger charge is 2.48. The van der Waals surface area contributed by atoms with Crippen LogP contribution in [0.2, 0.25) is 0 Å². The van der Waals surface area contributed by atoms with E-state index >= 15 is 0 Å². The van der Waals surface area contributed by atoms with Crippen molar-refractivity contribution in [1.29, 1.82) is 0 Å². The fourth-order valence-electron chi connectivity index (χ4n) is 4.35. The number of ketones is 1. The number of aliphatic hydroxyl groups excluding tert-OH is 1. The summed E-state index contributed by atoms with van der Waals surface area (Å²) >= 11 is 1.31. The molecule has 0 bridgehead atoms. The van der Waals surface area contributed by atoms with Gasteiger partial charge in [0.1, 0.15) is 17.3 Å². The Bertz CT molecular complexity index is 1520. The standard InChI is InChI=1S/C29H26N2O5S/c1-3-4-14-36-21-7-5-6-19(16-21)26(33)24-25(18-9-11-20(32)12-10-18)31(28(35)27(24)34)29-30-22-13-8-17(2)15-23(22)37-29/h5-13,15-16,25,32-33H,3-4,14H2,1-2H3/b26-24+. The van der Waals surface area contributed by atoms with E-state index in [0.29, 0.717) is 34.1 Å². The molecule has 1 unspecified atom stereocenters. The van der Waals surface area contributed by atoms with Gasteiger partial charge < -0.3 is 14.9 Å². The molecule has 0 radical (unpaired) electrons. The van der Waals surface area contributed by atoms with Crippen LogP contribution in [0.5, 0.6) is 11.5 Å². The Labute approximate surface area is 218 Å². The zero-order valence-electron chi connectivity index (χ0n) is 20.5. The second-order valence-corrected chi connectivity index (χ2v) is 9.97. The number of Topliss-reactive ketones (excluding diaryl/α,β-unsaturated/α-hetero) is 1. The molecule has 2 heterocycles. The number of aromatic hydroxyl groups is 1. The van der Waals surface area contributed by atoms with E-state index in [2.05, 4.69) is 11.9 Å². The Hall–Kier alpha value is -4.17. The number of benzene rings is 3. The maximum atomic E-state index is 13.4. The minimum Gasteiger partial charge on any atom is -0.508 e. The first kappa shape index (κ1) is 24.5. The van der Waals surface area contributed by atoms with Gasteiger partial charge in [0.25, 0.3) is 5.78 Å². The first-order valence-electron chi connectivity index (χ1n) is 12.1. The minimum absolute atomic E-state index is 0.0446. The van der Waals surface area contributed by atoms with E-state index in [1.807, 2.05) is 25.1 Å². The second kappa shape index (κ2) is 10.1. The van der Waals surface area contributed by atoms with Gasteiger partial charge in [-0.3, -0.25) is 14.5 Å². The maximum absolute atomic E-state index is 13.4. The number of thiazole rings is 1. The SMILES string of the molecule is CCCCOc1cccc(/C(O)=C2\C(=O)C(=O)N(c3nc4ccc(C)cc4s3)C2c2ccc(O)cc2)c1. The number of aryl methyl sites for hydroxylation is 1. The van der Waals surface area contributed by atoms with E-state index in [4.69, 9.17) is 4.74 Å². The van der Waals surface area contributed by atoms with Gasteiger partial charge in [0, 0.05) is 5.56 Å². The number of carbonyl (C=O) groups is 2. The molecule has 3 aromatic carbocycles. The molecule has 1 amide bonds. The number of aromatic nitrogens is 1. The number of anilines is 1. The van der Waals surface area contributed by atoms with Crippen molar-refractivity contribution in [1.82, 2.24) is 4.98 Å². The lowest BCUT2D eigenvalue weighted by atomic mass is 9.95. The molecule has 1 aliphatic rings. The third-order valence-electron chi connectivity index (χ3n) is 6.27. The maximum Gasteiger partial charge on any atom is 0.301 e. The molecule has 1 atom stereocenters. The third-order valence-corrected chi connectivity index (χ3v) is 7.28. The number of ether oxygens (including phenoxy) is 1. The van der Waals surface area contributed by atoms with Crippen molar-refractivity contribution in [3.05, 3.63) is 89.0 Å². The van der Waals surface area contributed by atoms with Gasteiger partial charge in [-0.15, -0.1) is 0 Å². The van der Waals surface area contributed by atoms with Crippen molar-refractivity contribution >= 4 is 44.1 Å². The predicted octanol–water partition coefficient (Wildman–Crippen LogP) is 6.12. The Morgan fingerprint density at radius 1 is 1.08 bits per heavy atom. The number of hydrogen-bond donors (Lipinski definition) is 2. The smallest absolute Gasteiger partial charge is 0.301 e. The Kier molecular flexibility index (Phi) is 6.67. The van der Waals surface area contributed by atoms with Gasteiger partial charge in [-0.25, -0.2) is 4.98 Å². The molecule has 1 fully saturated rings. The van der Waals surface area contributed by atoms with E-state index in [-0.39, 0.29) is 17.1 Å². The van der Waals surface area contributed by atoms with E-state index in [1.54, 1.807) is 36.4 Å². The van der Waals surface area contributed by atoms with E-state index in [0.717, 1.165) is 23.1 Å². The molecule has 37 heavy (non-hydrogen) atoms. The lowest BCUT2D eigenvalue weighted by Gasteiger charge is -2.23. The number of carbonyl (C=O) groups excluding carboxylic acids is 2. The number of fused-ring (bicyclic) bond motifs is 1. The molecule has 1 saturated heterocycles. The average Bonchev–Trinajstić information content (AvgIpc) is 3.42. The summed E-state index contributed by atoms with van der Waals surface area (Å²) in [6.07, 6.45) is 1.88. The van der Waals surface area contributed by atoms with Crippen LogP contribution < -0.4 is 9.64 Å². The summed E-state index contributed by atoms with van der Waals surface area (Å²) in [7, 11) is 0. The number of hydrogen-bond acceptors (Lipinski definition) is 7. The number of phenolic OH excluding ortho intramolecular Hbond substituents is 1. The van der Waals surface area contributed by atoms with Crippen LogP contribution in [0.25, 0.3) is 16.0 Å². The fourth-order valence-corrected chi connectivity index (χ4v) is 5.44. The lowest BCUT2D eigenvalue weighted by molar-refractivity contribution is -0.132. The molecule has 0 spiro atoms. The van der Waals surface area contributed by atoms with Crippen molar-refractivity contribution in [2.24, 2.45) is 0 Å². The topological polar surface area (TPSA) is 100.0 Å². The van der Waals surface area contributed by atoms with Crippen molar-refractivity contribution in [2.75, 3.05) is 11.5 Å². The summed E-state index contributed by atoms with van der Waals surface area (Å²) in [5.41, 5.74) is 2.66. The average molecular weight is 515 g/mol. The van der Waals surface area contributed by atoms with Crippen LogP contribution in [-0.4, -0.2) is 33.5 Å². The number of rotatable bonds is 7. The number of phenols is 1. The number of unbranched alkanes of at least 4 members (excludes halogenated alkanes) is 1. The van der Waals surface area contributed by atoms with Crippen LogP contribution in [0.4, 0.5) is 5.13 Å². The van der Waals surface area contributed by atoms with Gasteiger partial charge in [-0.05, 0) is 60.9 Å². The van der Waals surface area contributed by atoms with Crippen molar-refractivity contribution < 1.29 is 24.5 Å². The van der Waals surface area contributed by atoms with Crippen LogP contribution >= 0.6 is 11.3 Å². The van der Waals surface area contributed by atoms with Gasteiger partial charge >= 0.3 is 5.91 Å². The first-order valence-corrected chi connectivity index (χ1v) is 12.9. The quantitative estimate of drug-likeness (QED) is 0.133. The molecule has 7 nitrogen and oxygen atoms in total. The number of nitrogens with zero attached hydrogens (tertiary/aromatic N) is 2. The van der Waals surface area contributed by atoms with Crippen LogP contribution in [0, 0.1) is 6.92 Å². The monoisotopic (exact) mass is 514 g/mol. The van der Waals surface area contributed by atoms with Crippen molar-refractivity contribution in [3.8, 4) is 11.5 Å². The van der Waals surface area contributed by atoms with Gasteiger partial charge in [0.05, 0.1) is 28.4 Å². The molecule has 5 rings (SSSR count). The highest BCUT2D eigenvalue weighted by Crippen LogP contribution is 2.44. The molecule has 1 aromatic heterocycles. The van der Waals surface area contributed by atoms with E-state index in [9.17, 15) is 19.8 Å². The van der Waals surface area contributed by atoms with Gasteiger partial charge in [-0.1, -0.05) is 55.0 Å². The summed E-state index contributed by atoms with van der Waals surface area (Å²) in [6.45, 7) is 4.58. The minimum atomic E-state index is -0.924. The summed E-state index contributed by atoms with van der Waals surface area (Å²) in [5.74, 6) is -1.26. The molecule has 0 aliphatic carbocycles. The first-order chi connectivity index (χ1) is 17.9. The van der Waals surface area contributed by atoms with E-state index < -0.39 is 17.7 Å². The predicted molar refractivity (Wildman–Crippen MR) is 144 cm³/mol. The third kappa shape index (κ3) is 4.68. The molecule has 1 aliphatic heterocycles. The second-order valence-electron chi connectivity index (χ2n) is 8.96. The highest BCUT2D eigenvalue weighted by molar-refractivity contribution is 7.22. The van der Waals surface area contributed by atoms with Crippen molar-refractivity contribution in [2.45, 2.75) is 32.7 Å².